The van der Waals surface area contributed by atoms with Crippen LogP contribution in [-0.4, -0.2) is 13.7 Å². The lowest BCUT2D eigenvalue weighted by atomic mass is 9.96. The van der Waals surface area contributed by atoms with Crippen LogP contribution in [0.3, 0.4) is 0 Å². The van der Waals surface area contributed by atoms with Gasteiger partial charge in [-0.05, 0) is 34.1 Å². The first-order valence-corrected chi connectivity index (χ1v) is 6.95. The van der Waals surface area contributed by atoms with Crippen molar-refractivity contribution in [2.45, 2.75) is 5.92 Å². The summed E-state index contributed by atoms with van der Waals surface area (Å²) in [5.74, 6) is 1.09. The molecule has 0 aliphatic rings. The molecule has 17 heavy (non-hydrogen) atoms. The standard InChI is InChI=1S/C13H14BrNOS/c1-16-11-5-3-2-4-9(11)10(8-15)12-6-7-13(14)17-12/h2-7,10H,8,15H2,1H3. The Morgan fingerprint density at radius 1 is 1.29 bits per heavy atom. The predicted molar refractivity (Wildman–Crippen MR) is 75.9 cm³/mol. The molecule has 4 heteroatoms. The van der Waals surface area contributed by atoms with Crippen LogP contribution >= 0.6 is 27.3 Å². The van der Waals surface area contributed by atoms with Crippen molar-refractivity contribution in [3.8, 4) is 5.75 Å². The van der Waals surface area contributed by atoms with Crippen LogP contribution in [0.1, 0.15) is 16.4 Å². The van der Waals surface area contributed by atoms with Crippen LogP contribution < -0.4 is 10.5 Å². The number of hydrogen-bond acceptors (Lipinski definition) is 3. The number of hydrogen-bond donors (Lipinski definition) is 1. The summed E-state index contributed by atoms with van der Waals surface area (Å²) < 4.78 is 6.52. The Morgan fingerprint density at radius 3 is 2.65 bits per heavy atom. The summed E-state index contributed by atoms with van der Waals surface area (Å²) in [6.07, 6.45) is 0. The second-order valence-electron chi connectivity index (χ2n) is 3.67. The van der Waals surface area contributed by atoms with Crippen LogP contribution in [0.25, 0.3) is 0 Å². The number of methoxy groups -OCH3 is 1. The summed E-state index contributed by atoms with van der Waals surface area (Å²) in [4.78, 5) is 1.25. The Balaban J connectivity index is 2.41. The summed E-state index contributed by atoms with van der Waals surface area (Å²) in [5, 5.41) is 0. The van der Waals surface area contributed by atoms with Crippen molar-refractivity contribution >= 4 is 27.3 Å². The molecule has 1 heterocycles. The van der Waals surface area contributed by atoms with E-state index in [0.717, 1.165) is 15.1 Å². The lowest BCUT2D eigenvalue weighted by Gasteiger charge is -2.16. The molecular weight excluding hydrogens is 298 g/mol. The molecule has 0 saturated heterocycles. The van der Waals surface area contributed by atoms with Crippen LogP contribution in [0.15, 0.2) is 40.2 Å². The number of rotatable bonds is 4. The molecule has 2 nitrogen and oxygen atoms in total. The van der Waals surface area contributed by atoms with Crippen molar-refractivity contribution in [1.82, 2.24) is 0 Å². The molecule has 1 unspecified atom stereocenters. The summed E-state index contributed by atoms with van der Waals surface area (Å²) in [7, 11) is 1.69. The molecule has 0 bridgehead atoms. The summed E-state index contributed by atoms with van der Waals surface area (Å²) >= 11 is 5.20. The maximum absolute atomic E-state index is 5.91. The lowest BCUT2D eigenvalue weighted by molar-refractivity contribution is 0.408. The fraction of sp³-hybridized carbons (Fsp3) is 0.231. The summed E-state index contributed by atoms with van der Waals surface area (Å²) in [6.45, 7) is 0.577. The largest absolute Gasteiger partial charge is 0.496 e. The van der Waals surface area contributed by atoms with Crippen LogP contribution in [0.2, 0.25) is 0 Å². The molecule has 1 aromatic carbocycles. The van der Waals surface area contributed by atoms with E-state index in [-0.39, 0.29) is 5.92 Å². The highest BCUT2D eigenvalue weighted by molar-refractivity contribution is 9.11. The second-order valence-corrected chi connectivity index (χ2v) is 6.17. The van der Waals surface area contributed by atoms with E-state index in [1.165, 1.54) is 4.88 Å². The lowest BCUT2D eigenvalue weighted by Crippen LogP contribution is -2.13. The molecule has 90 valence electrons. The van der Waals surface area contributed by atoms with Gasteiger partial charge in [-0.25, -0.2) is 0 Å². The fourth-order valence-electron chi connectivity index (χ4n) is 1.87. The van der Waals surface area contributed by atoms with E-state index in [2.05, 4.69) is 34.1 Å². The number of nitrogens with two attached hydrogens (primary N) is 1. The number of ether oxygens (including phenoxy) is 1. The second kappa shape index (κ2) is 5.67. The molecule has 0 spiro atoms. The highest BCUT2D eigenvalue weighted by atomic mass is 79.9. The van der Waals surface area contributed by atoms with Gasteiger partial charge in [0, 0.05) is 22.9 Å². The van der Waals surface area contributed by atoms with E-state index in [1.54, 1.807) is 18.4 Å². The summed E-state index contributed by atoms with van der Waals surface area (Å²) in [6, 6.07) is 12.2. The maximum Gasteiger partial charge on any atom is 0.122 e. The van der Waals surface area contributed by atoms with Crippen molar-refractivity contribution in [1.29, 1.82) is 0 Å². The van der Waals surface area contributed by atoms with E-state index in [1.807, 2.05) is 18.2 Å². The van der Waals surface area contributed by atoms with Gasteiger partial charge in [-0.2, -0.15) is 0 Å². The summed E-state index contributed by atoms with van der Waals surface area (Å²) in [5.41, 5.74) is 7.05. The van der Waals surface area contributed by atoms with Crippen molar-refractivity contribution in [2.24, 2.45) is 5.73 Å². The van der Waals surface area contributed by atoms with E-state index < -0.39 is 0 Å². The van der Waals surface area contributed by atoms with Gasteiger partial charge in [0.1, 0.15) is 5.75 Å². The first kappa shape index (κ1) is 12.6. The van der Waals surface area contributed by atoms with Gasteiger partial charge in [-0.15, -0.1) is 11.3 Å². The topological polar surface area (TPSA) is 35.2 Å². The number of benzene rings is 1. The first-order valence-electron chi connectivity index (χ1n) is 5.34. The third kappa shape index (κ3) is 2.70. The van der Waals surface area contributed by atoms with Gasteiger partial charge in [0.25, 0.3) is 0 Å². The van der Waals surface area contributed by atoms with Crippen molar-refractivity contribution in [3.05, 3.63) is 50.6 Å². The molecule has 0 amide bonds. The Morgan fingerprint density at radius 2 is 2.06 bits per heavy atom. The van der Waals surface area contributed by atoms with Gasteiger partial charge in [0.15, 0.2) is 0 Å². The first-order chi connectivity index (χ1) is 8.26. The number of thiophene rings is 1. The quantitative estimate of drug-likeness (QED) is 0.936. The van der Waals surface area contributed by atoms with Crippen molar-refractivity contribution < 1.29 is 4.74 Å². The van der Waals surface area contributed by atoms with Crippen LogP contribution in [-0.2, 0) is 0 Å². The molecule has 0 radical (unpaired) electrons. The molecule has 1 aromatic heterocycles. The van der Waals surface area contributed by atoms with Crippen molar-refractivity contribution in [3.63, 3.8) is 0 Å². The van der Waals surface area contributed by atoms with Gasteiger partial charge in [-0.1, -0.05) is 18.2 Å². The molecule has 0 aliphatic carbocycles. The fourth-order valence-corrected chi connectivity index (χ4v) is 3.42. The molecule has 0 fully saturated rings. The molecule has 0 aliphatic heterocycles. The minimum atomic E-state index is 0.197. The number of halogens is 1. The normalized spacial score (nSPS) is 12.4. The zero-order valence-electron chi connectivity index (χ0n) is 9.52. The van der Waals surface area contributed by atoms with E-state index in [9.17, 15) is 0 Å². The average Bonchev–Trinajstić information content (AvgIpc) is 2.77. The highest BCUT2D eigenvalue weighted by Crippen LogP contribution is 2.36. The third-order valence-electron chi connectivity index (χ3n) is 2.69. The Labute approximate surface area is 114 Å². The predicted octanol–water partition coefficient (Wildman–Crippen LogP) is 3.61. The molecule has 2 N–H and O–H groups in total. The van der Waals surface area contributed by atoms with E-state index in [0.29, 0.717) is 6.54 Å². The van der Waals surface area contributed by atoms with E-state index >= 15 is 0 Å². The Bertz CT molecular complexity index is 498. The van der Waals surface area contributed by atoms with Crippen molar-refractivity contribution in [2.75, 3.05) is 13.7 Å². The Hall–Kier alpha value is -0.840. The van der Waals surface area contributed by atoms with Crippen LogP contribution in [0.4, 0.5) is 0 Å². The zero-order valence-corrected chi connectivity index (χ0v) is 11.9. The molecule has 2 rings (SSSR count). The monoisotopic (exact) mass is 311 g/mol. The Kier molecular flexibility index (Phi) is 4.20. The van der Waals surface area contributed by atoms with E-state index in [4.69, 9.17) is 10.5 Å². The average molecular weight is 312 g/mol. The SMILES string of the molecule is COc1ccccc1C(CN)c1ccc(Br)s1. The third-order valence-corrected chi connectivity index (χ3v) is 4.42. The zero-order chi connectivity index (χ0) is 12.3. The minimum Gasteiger partial charge on any atom is -0.496 e. The molecule has 1 atom stereocenters. The van der Waals surface area contributed by atoms with Gasteiger partial charge >= 0.3 is 0 Å². The van der Waals surface area contributed by atoms with Crippen LogP contribution in [0, 0.1) is 0 Å². The van der Waals surface area contributed by atoms with Gasteiger partial charge in [0.2, 0.25) is 0 Å². The molecule has 2 aromatic rings. The van der Waals surface area contributed by atoms with Crippen LogP contribution in [0.5, 0.6) is 5.75 Å². The minimum absolute atomic E-state index is 0.197. The molecular formula is C13H14BrNOS. The maximum atomic E-state index is 5.91. The highest BCUT2D eigenvalue weighted by Gasteiger charge is 2.17. The van der Waals surface area contributed by atoms with Gasteiger partial charge < -0.3 is 10.5 Å². The van der Waals surface area contributed by atoms with Gasteiger partial charge in [0.05, 0.1) is 10.9 Å². The smallest absolute Gasteiger partial charge is 0.122 e. The van der Waals surface area contributed by atoms with Gasteiger partial charge in [-0.3, -0.25) is 0 Å². The molecule has 0 saturated carbocycles. The number of para-hydroxylation sites is 1.